The molecule has 188 valence electrons. The van der Waals surface area contributed by atoms with Gasteiger partial charge in [-0.25, -0.2) is 10.1 Å². The number of furan rings is 1. The average molecular weight is 584 g/mol. The van der Waals surface area contributed by atoms with Crippen molar-refractivity contribution >= 4 is 56.3 Å². The normalized spacial score (nSPS) is 11.2. The smallest absolute Gasteiger partial charge is 0.268 e. The molecule has 0 spiro atoms. The number of aromatic nitrogens is 6. The number of nitrogens with two attached hydrogens (primary N) is 1. The van der Waals surface area contributed by atoms with Gasteiger partial charge in [0.15, 0.2) is 5.15 Å². The Morgan fingerprint density at radius 2 is 2.05 bits per heavy atom. The molecule has 0 saturated heterocycles. The minimum absolute atomic E-state index is 0.0970. The second kappa shape index (κ2) is 10.1. The van der Waals surface area contributed by atoms with Crippen LogP contribution >= 0.6 is 27.5 Å². The molecule has 3 aromatic heterocycles. The Kier molecular flexibility index (Phi) is 6.76. The van der Waals surface area contributed by atoms with E-state index in [2.05, 4.69) is 46.9 Å². The third kappa shape index (κ3) is 4.72. The van der Waals surface area contributed by atoms with Gasteiger partial charge in [0, 0.05) is 23.9 Å². The number of imidazole rings is 1. The van der Waals surface area contributed by atoms with Crippen LogP contribution in [0.2, 0.25) is 5.15 Å². The van der Waals surface area contributed by atoms with E-state index in [1.54, 1.807) is 22.8 Å². The van der Waals surface area contributed by atoms with Crippen molar-refractivity contribution in [2.45, 2.75) is 26.3 Å². The van der Waals surface area contributed by atoms with Crippen molar-refractivity contribution in [2.24, 2.45) is 5.73 Å². The van der Waals surface area contributed by atoms with E-state index in [1.807, 2.05) is 31.2 Å². The van der Waals surface area contributed by atoms with Crippen LogP contribution in [-0.4, -0.2) is 42.0 Å². The summed E-state index contributed by atoms with van der Waals surface area (Å²) < 4.78 is 8.59. The summed E-state index contributed by atoms with van der Waals surface area (Å²) in [6, 6.07) is 12.7. The number of tetrazole rings is 1. The first kappa shape index (κ1) is 24.7. The number of halogens is 2. The van der Waals surface area contributed by atoms with Crippen LogP contribution in [0.25, 0.3) is 22.3 Å². The molecule has 2 aromatic carbocycles. The van der Waals surface area contributed by atoms with Gasteiger partial charge in [-0.15, -0.1) is 0 Å². The van der Waals surface area contributed by atoms with Gasteiger partial charge in [-0.3, -0.25) is 14.9 Å². The second-order valence-corrected chi connectivity index (χ2v) is 9.34. The molecular formula is C24H20BrClN8O3. The number of benzene rings is 2. The monoisotopic (exact) mass is 582 g/mol. The quantitative estimate of drug-likeness (QED) is 0.241. The zero-order valence-corrected chi connectivity index (χ0v) is 21.8. The number of nitrogens with zero attached hydrogens (tertiary/aromatic N) is 5. The van der Waals surface area contributed by atoms with Crippen LogP contribution in [0.3, 0.4) is 0 Å². The number of carbonyl (C=O) groups is 2. The first-order chi connectivity index (χ1) is 17.9. The summed E-state index contributed by atoms with van der Waals surface area (Å²) in [4.78, 5) is 29.3. The van der Waals surface area contributed by atoms with Crippen LogP contribution in [0.5, 0.6) is 0 Å². The second-order valence-electron chi connectivity index (χ2n) is 8.19. The number of fused-ring (bicyclic) bond motifs is 1. The molecule has 0 aliphatic rings. The zero-order chi connectivity index (χ0) is 26.1. The van der Waals surface area contributed by atoms with E-state index < -0.39 is 11.8 Å². The number of primary amides is 1. The predicted molar refractivity (Wildman–Crippen MR) is 140 cm³/mol. The fraction of sp³-hybridized carbons (Fsp3) is 0.167. The van der Waals surface area contributed by atoms with E-state index in [1.165, 1.54) is 0 Å². The number of anilines is 1. The number of amides is 2. The van der Waals surface area contributed by atoms with E-state index in [0.717, 1.165) is 17.4 Å². The van der Waals surface area contributed by atoms with Gasteiger partial charge < -0.3 is 14.7 Å². The van der Waals surface area contributed by atoms with E-state index in [9.17, 15) is 9.59 Å². The fourth-order valence-corrected chi connectivity index (χ4v) is 5.02. The van der Waals surface area contributed by atoms with Gasteiger partial charge in [0.2, 0.25) is 5.95 Å². The zero-order valence-electron chi connectivity index (χ0n) is 19.5. The van der Waals surface area contributed by atoms with Gasteiger partial charge in [-0.05, 0) is 56.5 Å². The van der Waals surface area contributed by atoms with Crippen LogP contribution < -0.4 is 11.1 Å². The summed E-state index contributed by atoms with van der Waals surface area (Å²) >= 11 is 9.88. The van der Waals surface area contributed by atoms with Crippen molar-refractivity contribution in [3.63, 3.8) is 0 Å². The number of rotatable bonds is 8. The Labute approximate surface area is 223 Å². The number of nitrogens with one attached hydrogen (secondary N) is 2. The van der Waals surface area contributed by atoms with Crippen molar-refractivity contribution in [3.05, 3.63) is 74.7 Å². The number of hydrogen-bond acceptors (Lipinski definition) is 7. The summed E-state index contributed by atoms with van der Waals surface area (Å²) in [7, 11) is 0. The molecule has 0 radical (unpaired) electrons. The number of carbonyl (C=O) groups excluding carboxylic acids is 2. The number of aryl methyl sites for hydroxylation is 1. The summed E-state index contributed by atoms with van der Waals surface area (Å²) in [6.45, 7) is 2.37. The molecule has 0 unspecified atom stereocenters. The Balaban J connectivity index is 1.53. The lowest BCUT2D eigenvalue weighted by atomic mass is 10.0. The van der Waals surface area contributed by atoms with Crippen molar-refractivity contribution in [1.82, 2.24) is 30.2 Å². The standard InChI is InChI=1S/C24H20BrClN8O3/c1-2-5-17-28-21(26)19(22(27)35)34(17)11-12-8-9-16-15(10-12)18(25)20(37-16)13-6-3-4-7-14(13)23(36)29-24-30-32-33-31-24/h3-4,6-10H,2,5,11H2,1H3,(H2,27,35)(H2,29,30,31,32,33,36). The lowest BCUT2D eigenvalue weighted by molar-refractivity contribution is 0.0989. The third-order valence-corrected chi connectivity index (χ3v) is 6.79. The summed E-state index contributed by atoms with van der Waals surface area (Å²) in [6.07, 6.45) is 1.49. The molecule has 13 heteroatoms. The lowest BCUT2D eigenvalue weighted by Crippen LogP contribution is -2.19. The number of aromatic amines is 1. The predicted octanol–water partition coefficient (Wildman–Crippen LogP) is 4.58. The van der Waals surface area contributed by atoms with Gasteiger partial charge in [-0.2, -0.15) is 0 Å². The van der Waals surface area contributed by atoms with Crippen LogP contribution in [-0.2, 0) is 13.0 Å². The van der Waals surface area contributed by atoms with Crippen molar-refractivity contribution in [3.8, 4) is 11.3 Å². The highest BCUT2D eigenvalue weighted by Gasteiger charge is 2.23. The van der Waals surface area contributed by atoms with E-state index in [4.69, 9.17) is 21.8 Å². The van der Waals surface area contributed by atoms with Gasteiger partial charge in [-0.1, -0.05) is 47.9 Å². The van der Waals surface area contributed by atoms with Gasteiger partial charge in [0.1, 0.15) is 22.9 Å². The summed E-state index contributed by atoms with van der Waals surface area (Å²) in [5, 5.41) is 16.6. The molecule has 0 fully saturated rings. The molecule has 0 aliphatic carbocycles. The molecule has 4 N–H and O–H groups in total. The molecule has 0 saturated carbocycles. The Bertz CT molecular complexity index is 1630. The maximum atomic E-state index is 12.9. The van der Waals surface area contributed by atoms with Crippen LogP contribution in [0.4, 0.5) is 5.95 Å². The number of hydrogen-bond donors (Lipinski definition) is 3. The minimum atomic E-state index is -0.635. The largest absolute Gasteiger partial charge is 0.455 e. The maximum Gasteiger partial charge on any atom is 0.268 e. The molecule has 37 heavy (non-hydrogen) atoms. The first-order valence-electron chi connectivity index (χ1n) is 11.3. The van der Waals surface area contributed by atoms with E-state index in [-0.39, 0.29) is 16.8 Å². The third-order valence-electron chi connectivity index (χ3n) is 5.74. The highest BCUT2D eigenvalue weighted by molar-refractivity contribution is 9.10. The molecule has 0 aliphatic heterocycles. The van der Waals surface area contributed by atoms with Crippen LogP contribution in [0, 0.1) is 0 Å². The first-order valence-corrected chi connectivity index (χ1v) is 12.4. The molecule has 11 nitrogen and oxygen atoms in total. The Hall–Kier alpha value is -4.03. The summed E-state index contributed by atoms with van der Waals surface area (Å²) in [5.41, 5.74) is 8.24. The molecule has 0 bridgehead atoms. The van der Waals surface area contributed by atoms with Gasteiger partial charge in [0.05, 0.1) is 10.0 Å². The van der Waals surface area contributed by atoms with Crippen LogP contribution in [0.15, 0.2) is 51.4 Å². The average Bonchev–Trinajstić information content (AvgIpc) is 3.58. The molecule has 5 rings (SSSR count). The highest BCUT2D eigenvalue weighted by atomic mass is 79.9. The number of H-pyrrole nitrogens is 1. The molecule has 3 heterocycles. The summed E-state index contributed by atoms with van der Waals surface area (Å²) in [5.74, 6) is 0.273. The highest BCUT2D eigenvalue weighted by Crippen LogP contribution is 2.39. The molecular weight excluding hydrogens is 564 g/mol. The van der Waals surface area contributed by atoms with Crippen molar-refractivity contribution in [1.29, 1.82) is 0 Å². The Morgan fingerprint density at radius 1 is 1.24 bits per heavy atom. The van der Waals surface area contributed by atoms with Crippen molar-refractivity contribution in [2.75, 3.05) is 5.32 Å². The Morgan fingerprint density at radius 3 is 2.78 bits per heavy atom. The molecule has 2 amide bonds. The van der Waals surface area contributed by atoms with Gasteiger partial charge in [0.25, 0.3) is 11.8 Å². The fourth-order valence-electron chi connectivity index (χ4n) is 4.12. The van der Waals surface area contributed by atoms with E-state index >= 15 is 0 Å². The molecule has 5 aromatic rings. The SMILES string of the molecule is CCCc1nc(Cl)c(C(N)=O)n1Cc1ccc2oc(-c3ccccc3C(=O)Nc3nnn[nH]3)c(Br)c2c1. The topological polar surface area (TPSA) is 158 Å². The minimum Gasteiger partial charge on any atom is -0.455 e. The van der Waals surface area contributed by atoms with Gasteiger partial charge >= 0.3 is 0 Å². The van der Waals surface area contributed by atoms with Crippen molar-refractivity contribution < 1.29 is 14.0 Å². The van der Waals surface area contributed by atoms with E-state index in [0.29, 0.717) is 45.7 Å². The lowest BCUT2D eigenvalue weighted by Gasteiger charge is -2.10. The molecule has 0 atom stereocenters. The maximum absolute atomic E-state index is 12.9. The van der Waals surface area contributed by atoms with Crippen LogP contribution in [0.1, 0.15) is 45.6 Å².